The molecule has 0 aliphatic heterocycles. The Morgan fingerprint density at radius 2 is 1.89 bits per heavy atom. The van der Waals surface area contributed by atoms with Crippen molar-refractivity contribution in [1.29, 1.82) is 0 Å². The van der Waals surface area contributed by atoms with Gasteiger partial charge < -0.3 is 14.9 Å². The predicted octanol–water partition coefficient (Wildman–Crippen LogP) is 1.60. The minimum Gasteiger partial charge on any atom is -0.465 e. The van der Waals surface area contributed by atoms with Crippen LogP contribution >= 0.6 is 0 Å². The molecule has 0 amide bonds. The molecule has 0 radical (unpaired) electrons. The average Bonchev–Trinajstić information content (AvgIpc) is 2.40. The fraction of sp³-hybridized carbons (Fsp3) is 0.462. The van der Waals surface area contributed by atoms with Crippen LogP contribution in [0.15, 0.2) is 12.1 Å². The minimum absolute atomic E-state index is 0.239. The van der Waals surface area contributed by atoms with Crippen molar-refractivity contribution in [2.75, 3.05) is 13.7 Å². The standard InChI is InChI=1S/C13H16F2O4/c1-3-11(17)8(6-16)12-9(14)4-7(5-10(12)15)13(18)19-2/h4-5,8,11,16-17H,3,6H2,1-2H3. The lowest BCUT2D eigenvalue weighted by molar-refractivity contribution is 0.0599. The highest BCUT2D eigenvalue weighted by Gasteiger charge is 2.27. The molecule has 1 aromatic carbocycles. The van der Waals surface area contributed by atoms with Crippen LogP contribution in [0.2, 0.25) is 0 Å². The summed E-state index contributed by atoms with van der Waals surface area (Å²) < 4.78 is 32.1. The molecule has 2 atom stereocenters. The van der Waals surface area contributed by atoms with Gasteiger partial charge in [0.15, 0.2) is 0 Å². The molecule has 106 valence electrons. The Balaban J connectivity index is 3.26. The van der Waals surface area contributed by atoms with Crippen LogP contribution in [0.4, 0.5) is 8.78 Å². The molecular formula is C13H16F2O4. The van der Waals surface area contributed by atoms with Gasteiger partial charge in [-0.25, -0.2) is 13.6 Å². The Hall–Kier alpha value is -1.53. The summed E-state index contributed by atoms with van der Waals surface area (Å²) in [6, 6.07) is 1.66. The van der Waals surface area contributed by atoms with Gasteiger partial charge in [-0.3, -0.25) is 0 Å². The first-order valence-electron chi connectivity index (χ1n) is 5.82. The van der Waals surface area contributed by atoms with Gasteiger partial charge in [-0.1, -0.05) is 6.92 Å². The van der Waals surface area contributed by atoms with Gasteiger partial charge in [-0.15, -0.1) is 0 Å². The lowest BCUT2D eigenvalue weighted by Crippen LogP contribution is -2.23. The molecule has 0 saturated heterocycles. The third-order valence-corrected chi connectivity index (χ3v) is 2.95. The lowest BCUT2D eigenvalue weighted by Gasteiger charge is -2.21. The smallest absolute Gasteiger partial charge is 0.338 e. The first-order valence-corrected chi connectivity index (χ1v) is 5.82. The Morgan fingerprint density at radius 3 is 2.26 bits per heavy atom. The number of benzene rings is 1. The summed E-state index contributed by atoms with van der Waals surface area (Å²) in [7, 11) is 1.10. The second-order valence-corrected chi connectivity index (χ2v) is 4.11. The maximum atomic E-state index is 13.9. The number of aliphatic hydroxyl groups is 2. The molecule has 4 nitrogen and oxygen atoms in total. The van der Waals surface area contributed by atoms with E-state index < -0.39 is 41.8 Å². The largest absolute Gasteiger partial charge is 0.465 e. The minimum atomic E-state index is -1.07. The number of esters is 1. The van der Waals surface area contributed by atoms with Crippen molar-refractivity contribution in [1.82, 2.24) is 0 Å². The Labute approximate surface area is 109 Å². The summed E-state index contributed by atoms with van der Waals surface area (Å²) in [6.45, 7) is 1.03. The molecular weight excluding hydrogens is 258 g/mol. The number of carbonyl (C=O) groups excluding carboxylic acids is 1. The van der Waals surface area contributed by atoms with Gasteiger partial charge in [0.25, 0.3) is 0 Å². The number of carbonyl (C=O) groups is 1. The molecule has 0 spiro atoms. The lowest BCUT2D eigenvalue weighted by atomic mass is 9.91. The Kier molecular flexibility index (Phi) is 5.38. The molecule has 0 bridgehead atoms. The number of rotatable bonds is 5. The molecule has 0 fully saturated rings. The van der Waals surface area contributed by atoms with E-state index in [2.05, 4.69) is 4.74 Å². The summed E-state index contributed by atoms with van der Waals surface area (Å²) in [5, 5.41) is 18.8. The van der Waals surface area contributed by atoms with Gasteiger partial charge in [0.05, 0.1) is 25.4 Å². The quantitative estimate of drug-likeness (QED) is 0.800. The van der Waals surface area contributed by atoms with E-state index in [1.165, 1.54) is 0 Å². The average molecular weight is 274 g/mol. The second-order valence-electron chi connectivity index (χ2n) is 4.11. The zero-order valence-electron chi connectivity index (χ0n) is 10.7. The van der Waals surface area contributed by atoms with Gasteiger partial charge >= 0.3 is 5.97 Å². The maximum absolute atomic E-state index is 13.9. The molecule has 19 heavy (non-hydrogen) atoms. The number of hydrogen-bond acceptors (Lipinski definition) is 4. The number of halogens is 2. The molecule has 0 heterocycles. The first-order chi connectivity index (χ1) is 8.96. The van der Waals surface area contributed by atoms with Crippen LogP contribution in [-0.4, -0.2) is 36.0 Å². The van der Waals surface area contributed by atoms with Crippen LogP contribution in [0.1, 0.15) is 35.2 Å². The van der Waals surface area contributed by atoms with E-state index in [4.69, 9.17) is 5.11 Å². The Bertz CT molecular complexity index is 439. The van der Waals surface area contributed by atoms with Crippen molar-refractivity contribution in [2.45, 2.75) is 25.4 Å². The molecule has 2 N–H and O–H groups in total. The fourth-order valence-electron chi connectivity index (χ4n) is 1.86. The molecule has 0 aliphatic rings. The van der Waals surface area contributed by atoms with Gasteiger partial charge in [0.2, 0.25) is 0 Å². The van der Waals surface area contributed by atoms with Crippen molar-refractivity contribution in [3.8, 4) is 0 Å². The maximum Gasteiger partial charge on any atom is 0.338 e. The van der Waals surface area contributed by atoms with E-state index in [1.807, 2.05) is 0 Å². The highest BCUT2D eigenvalue weighted by Crippen LogP contribution is 2.28. The zero-order chi connectivity index (χ0) is 14.6. The first kappa shape index (κ1) is 15.5. The van der Waals surface area contributed by atoms with E-state index >= 15 is 0 Å². The van der Waals surface area contributed by atoms with E-state index in [1.54, 1.807) is 6.92 Å². The van der Waals surface area contributed by atoms with Gasteiger partial charge in [-0.2, -0.15) is 0 Å². The summed E-state index contributed by atoms with van der Waals surface area (Å²) in [4.78, 5) is 11.2. The molecule has 0 saturated carbocycles. The number of ether oxygens (including phenoxy) is 1. The van der Waals surface area contributed by atoms with Crippen LogP contribution in [0.5, 0.6) is 0 Å². The van der Waals surface area contributed by atoms with Crippen LogP contribution in [0, 0.1) is 11.6 Å². The molecule has 2 unspecified atom stereocenters. The highest BCUT2D eigenvalue weighted by molar-refractivity contribution is 5.89. The molecule has 1 rings (SSSR count). The number of hydrogen-bond donors (Lipinski definition) is 2. The second kappa shape index (κ2) is 6.58. The summed E-state index contributed by atoms with van der Waals surface area (Å²) in [5.74, 6) is -3.92. The Morgan fingerprint density at radius 1 is 1.37 bits per heavy atom. The molecule has 0 aliphatic carbocycles. The fourth-order valence-corrected chi connectivity index (χ4v) is 1.86. The highest BCUT2D eigenvalue weighted by atomic mass is 19.1. The van der Waals surface area contributed by atoms with Gasteiger partial charge in [0.1, 0.15) is 11.6 Å². The molecule has 1 aromatic rings. The van der Waals surface area contributed by atoms with Gasteiger partial charge in [0, 0.05) is 11.5 Å². The van der Waals surface area contributed by atoms with E-state index in [0.717, 1.165) is 19.2 Å². The van der Waals surface area contributed by atoms with Gasteiger partial charge in [-0.05, 0) is 18.6 Å². The van der Waals surface area contributed by atoms with E-state index in [-0.39, 0.29) is 12.0 Å². The van der Waals surface area contributed by atoms with Crippen molar-refractivity contribution in [3.63, 3.8) is 0 Å². The predicted molar refractivity (Wildman–Crippen MR) is 63.8 cm³/mol. The number of methoxy groups -OCH3 is 1. The number of aliphatic hydroxyl groups excluding tert-OH is 2. The third kappa shape index (κ3) is 3.27. The van der Waals surface area contributed by atoms with Crippen molar-refractivity contribution in [2.24, 2.45) is 0 Å². The van der Waals surface area contributed by atoms with E-state index in [9.17, 15) is 18.7 Å². The molecule has 0 aromatic heterocycles. The molecule has 6 heteroatoms. The summed E-state index contributed by atoms with van der Waals surface area (Å²) in [5.41, 5.74) is -0.687. The van der Waals surface area contributed by atoms with E-state index in [0.29, 0.717) is 0 Å². The van der Waals surface area contributed by atoms with Crippen molar-refractivity contribution in [3.05, 3.63) is 34.9 Å². The van der Waals surface area contributed by atoms with Crippen LogP contribution in [0.3, 0.4) is 0 Å². The van der Waals surface area contributed by atoms with Crippen molar-refractivity contribution < 1.29 is 28.5 Å². The van der Waals surface area contributed by atoms with Crippen molar-refractivity contribution >= 4 is 5.97 Å². The van der Waals surface area contributed by atoms with Crippen LogP contribution < -0.4 is 0 Å². The summed E-state index contributed by atoms with van der Waals surface area (Å²) in [6.07, 6.45) is -0.832. The normalized spacial score (nSPS) is 14.0. The summed E-state index contributed by atoms with van der Waals surface area (Å²) >= 11 is 0. The third-order valence-electron chi connectivity index (χ3n) is 2.95. The van der Waals surface area contributed by atoms with Crippen LogP contribution in [0.25, 0.3) is 0 Å². The zero-order valence-corrected chi connectivity index (χ0v) is 10.7. The monoisotopic (exact) mass is 274 g/mol. The topological polar surface area (TPSA) is 66.8 Å². The van der Waals surface area contributed by atoms with Crippen LogP contribution in [-0.2, 0) is 4.74 Å². The SMILES string of the molecule is CCC(O)C(CO)c1c(F)cc(C(=O)OC)cc1F.